The highest BCUT2D eigenvalue weighted by Crippen LogP contribution is 2.34. The van der Waals surface area contributed by atoms with Crippen LogP contribution < -0.4 is 4.74 Å². The second-order valence-corrected chi connectivity index (χ2v) is 7.15. The lowest BCUT2D eigenvalue weighted by atomic mass is 10.0. The highest BCUT2D eigenvalue weighted by molar-refractivity contribution is 6.35. The van der Waals surface area contributed by atoms with Gasteiger partial charge in [-0.2, -0.15) is 0 Å². The second kappa shape index (κ2) is 7.89. The molecule has 0 aromatic heterocycles. The molecular formula is C23H24N2O3. The molecule has 0 saturated carbocycles. The largest absolute Gasteiger partial charge is 0.496 e. The van der Waals surface area contributed by atoms with Crippen LogP contribution in [0.5, 0.6) is 5.75 Å². The lowest BCUT2D eigenvalue weighted by Gasteiger charge is -2.29. The van der Waals surface area contributed by atoms with Gasteiger partial charge in [-0.05, 0) is 30.9 Å². The van der Waals surface area contributed by atoms with Crippen molar-refractivity contribution in [2.24, 2.45) is 0 Å². The fourth-order valence-electron chi connectivity index (χ4n) is 3.99. The summed E-state index contributed by atoms with van der Waals surface area (Å²) in [5.41, 5.74) is 2.68. The number of para-hydroxylation sites is 1. The van der Waals surface area contributed by atoms with Crippen LogP contribution in [0.1, 0.15) is 30.4 Å². The zero-order valence-corrected chi connectivity index (χ0v) is 16.1. The minimum atomic E-state index is -0.234. The van der Waals surface area contributed by atoms with Crippen LogP contribution >= 0.6 is 0 Å². The van der Waals surface area contributed by atoms with Crippen molar-refractivity contribution in [3.05, 3.63) is 71.4 Å². The van der Waals surface area contributed by atoms with E-state index in [1.165, 1.54) is 4.90 Å². The molecule has 0 unspecified atom stereocenters. The average Bonchev–Trinajstić information content (AvgIpc) is 3.00. The Morgan fingerprint density at radius 2 is 1.54 bits per heavy atom. The van der Waals surface area contributed by atoms with E-state index in [-0.39, 0.29) is 18.4 Å². The first kappa shape index (κ1) is 18.3. The number of ether oxygens (including phenoxy) is 1. The van der Waals surface area contributed by atoms with Gasteiger partial charge in [-0.3, -0.25) is 14.5 Å². The average molecular weight is 376 g/mol. The Hall–Kier alpha value is -3.08. The minimum Gasteiger partial charge on any atom is -0.496 e. The Labute approximate surface area is 165 Å². The highest BCUT2D eigenvalue weighted by atomic mass is 16.5. The van der Waals surface area contributed by atoms with Crippen LogP contribution in [-0.2, 0) is 16.1 Å². The fourth-order valence-corrected chi connectivity index (χ4v) is 3.99. The monoisotopic (exact) mass is 376 g/mol. The van der Waals surface area contributed by atoms with Gasteiger partial charge in [-0.1, -0.05) is 48.5 Å². The van der Waals surface area contributed by atoms with Crippen LogP contribution in [0.15, 0.2) is 60.3 Å². The summed E-state index contributed by atoms with van der Waals surface area (Å²) in [6, 6.07) is 17.0. The van der Waals surface area contributed by atoms with Gasteiger partial charge in [0.15, 0.2) is 0 Å². The van der Waals surface area contributed by atoms with Gasteiger partial charge in [0, 0.05) is 18.7 Å². The summed E-state index contributed by atoms with van der Waals surface area (Å²) in [6.45, 7) is 1.83. The highest BCUT2D eigenvalue weighted by Gasteiger charge is 2.41. The van der Waals surface area contributed by atoms with E-state index < -0.39 is 0 Å². The van der Waals surface area contributed by atoms with Gasteiger partial charge in [-0.15, -0.1) is 0 Å². The molecule has 0 atom stereocenters. The van der Waals surface area contributed by atoms with Crippen LogP contribution in [0, 0.1) is 0 Å². The molecule has 2 aliphatic rings. The van der Waals surface area contributed by atoms with Crippen LogP contribution in [-0.4, -0.2) is 41.8 Å². The Kier molecular flexibility index (Phi) is 5.15. The van der Waals surface area contributed by atoms with Crippen LogP contribution in [0.3, 0.4) is 0 Å². The minimum absolute atomic E-state index is 0.204. The number of carbonyl (C=O) groups is 2. The van der Waals surface area contributed by atoms with Gasteiger partial charge in [-0.25, -0.2) is 0 Å². The molecular weight excluding hydrogens is 352 g/mol. The summed E-state index contributed by atoms with van der Waals surface area (Å²) in [4.78, 5) is 30.2. The van der Waals surface area contributed by atoms with E-state index in [0.717, 1.165) is 43.5 Å². The zero-order valence-electron chi connectivity index (χ0n) is 16.1. The number of piperidine rings is 1. The second-order valence-electron chi connectivity index (χ2n) is 7.15. The topological polar surface area (TPSA) is 49.9 Å². The van der Waals surface area contributed by atoms with Gasteiger partial charge in [0.2, 0.25) is 0 Å². The number of amides is 2. The van der Waals surface area contributed by atoms with E-state index in [9.17, 15) is 9.59 Å². The van der Waals surface area contributed by atoms with Crippen molar-refractivity contribution >= 4 is 17.4 Å². The van der Waals surface area contributed by atoms with Gasteiger partial charge in [0.1, 0.15) is 11.4 Å². The van der Waals surface area contributed by atoms with Crippen LogP contribution in [0.4, 0.5) is 0 Å². The SMILES string of the molecule is COc1ccccc1CN1C(=O)C(c2ccccc2)=C(N2CCCCC2)C1=O. The third kappa shape index (κ3) is 3.28. The van der Waals surface area contributed by atoms with E-state index in [1.807, 2.05) is 54.6 Å². The molecule has 2 heterocycles. The maximum atomic E-state index is 13.4. The number of nitrogens with zero attached hydrogens (tertiary/aromatic N) is 2. The number of methoxy groups -OCH3 is 1. The van der Waals surface area contributed by atoms with Gasteiger partial charge in [0.05, 0.1) is 19.2 Å². The summed E-state index contributed by atoms with van der Waals surface area (Å²) < 4.78 is 5.41. The summed E-state index contributed by atoms with van der Waals surface area (Å²) in [5.74, 6) is 0.232. The van der Waals surface area contributed by atoms with E-state index in [2.05, 4.69) is 4.90 Å². The number of hydrogen-bond donors (Lipinski definition) is 0. The van der Waals surface area contributed by atoms with E-state index in [0.29, 0.717) is 17.0 Å². The lowest BCUT2D eigenvalue weighted by Crippen LogP contribution is -2.37. The Morgan fingerprint density at radius 1 is 0.857 bits per heavy atom. The fraction of sp³-hybridized carbons (Fsp3) is 0.304. The molecule has 2 aliphatic heterocycles. The first-order valence-electron chi connectivity index (χ1n) is 9.73. The number of hydrogen-bond acceptors (Lipinski definition) is 4. The summed E-state index contributed by atoms with van der Waals surface area (Å²) in [5, 5.41) is 0. The van der Waals surface area contributed by atoms with Crippen LogP contribution in [0.2, 0.25) is 0 Å². The lowest BCUT2D eigenvalue weighted by molar-refractivity contribution is -0.138. The number of rotatable bonds is 5. The Balaban J connectivity index is 1.73. The maximum absolute atomic E-state index is 13.4. The van der Waals surface area contributed by atoms with Crippen molar-refractivity contribution in [3.63, 3.8) is 0 Å². The summed E-state index contributed by atoms with van der Waals surface area (Å²) in [6.07, 6.45) is 3.25. The number of imide groups is 1. The normalized spacial score (nSPS) is 17.5. The zero-order chi connectivity index (χ0) is 19.5. The maximum Gasteiger partial charge on any atom is 0.278 e. The van der Waals surface area contributed by atoms with Gasteiger partial charge < -0.3 is 9.64 Å². The molecule has 1 saturated heterocycles. The molecule has 4 rings (SSSR count). The first-order chi connectivity index (χ1) is 13.7. The van der Waals surface area contributed by atoms with Crippen molar-refractivity contribution in [1.82, 2.24) is 9.80 Å². The molecule has 1 fully saturated rings. The predicted octanol–water partition coefficient (Wildman–Crippen LogP) is 3.46. The third-order valence-corrected chi connectivity index (χ3v) is 5.40. The molecule has 2 aromatic carbocycles. The smallest absolute Gasteiger partial charge is 0.278 e. The molecule has 5 nitrogen and oxygen atoms in total. The van der Waals surface area contributed by atoms with Crippen molar-refractivity contribution in [1.29, 1.82) is 0 Å². The number of benzene rings is 2. The standard InChI is InChI=1S/C23H24N2O3/c1-28-19-13-7-6-12-18(19)16-25-22(26)20(17-10-4-2-5-11-17)21(23(25)27)24-14-8-3-9-15-24/h2,4-7,10-13H,3,8-9,14-16H2,1H3. The molecule has 0 aliphatic carbocycles. The molecule has 5 heteroatoms. The van der Waals surface area contributed by atoms with Gasteiger partial charge >= 0.3 is 0 Å². The van der Waals surface area contributed by atoms with Crippen molar-refractivity contribution in [2.75, 3.05) is 20.2 Å². The number of likely N-dealkylation sites (tertiary alicyclic amines) is 1. The quantitative estimate of drug-likeness (QED) is 0.750. The van der Waals surface area contributed by atoms with E-state index >= 15 is 0 Å². The van der Waals surface area contributed by atoms with Crippen molar-refractivity contribution in [2.45, 2.75) is 25.8 Å². The summed E-state index contributed by atoms with van der Waals surface area (Å²) >= 11 is 0. The third-order valence-electron chi connectivity index (χ3n) is 5.40. The molecule has 144 valence electrons. The predicted molar refractivity (Wildman–Crippen MR) is 107 cm³/mol. The van der Waals surface area contributed by atoms with Crippen molar-refractivity contribution < 1.29 is 14.3 Å². The first-order valence-corrected chi connectivity index (χ1v) is 9.73. The van der Waals surface area contributed by atoms with E-state index in [1.54, 1.807) is 7.11 Å². The van der Waals surface area contributed by atoms with Crippen LogP contribution in [0.25, 0.3) is 5.57 Å². The van der Waals surface area contributed by atoms with Gasteiger partial charge in [0.25, 0.3) is 11.8 Å². The Bertz CT molecular complexity index is 914. The molecule has 0 N–H and O–H groups in total. The van der Waals surface area contributed by atoms with Crippen molar-refractivity contribution in [3.8, 4) is 5.75 Å². The van der Waals surface area contributed by atoms with E-state index in [4.69, 9.17) is 4.74 Å². The molecule has 0 spiro atoms. The molecule has 0 bridgehead atoms. The molecule has 28 heavy (non-hydrogen) atoms. The molecule has 2 aromatic rings. The Morgan fingerprint density at radius 3 is 2.25 bits per heavy atom. The molecule has 2 amide bonds. The summed E-state index contributed by atoms with van der Waals surface area (Å²) in [7, 11) is 1.60. The molecule has 0 radical (unpaired) electrons. The number of carbonyl (C=O) groups excluding carboxylic acids is 2.